The molecule has 140 valence electrons. The monoisotopic (exact) mass is 405 g/mol. The van der Waals surface area contributed by atoms with E-state index in [9.17, 15) is 22.8 Å². The van der Waals surface area contributed by atoms with Crippen LogP contribution < -0.4 is 9.77 Å². The van der Waals surface area contributed by atoms with Gasteiger partial charge in [-0.3, -0.25) is 14.2 Å². The highest BCUT2D eigenvalue weighted by atomic mass is 35.5. The van der Waals surface area contributed by atoms with Crippen molar-refractivity contribution in [1.29, 1.82) is 0 Å². The minimum atomic E-state index is -4.66. The SMILES string of the molecule is O=C(Cn1c(C(F)(F)F)csc1=O)N1CCN(c2cccc(Cl)c2)CC1. The second-order valence-corrected chi connectivity index (χ2v) is 7.08. The molecule has 5 nitrogen and oxygen atoms in total. The molecule has 2 heterocycles. The minimum absolute atomic E-state index is 0.367. The smallest absolute Gasteiger partial charge is 0.368 e. The zero-order chi connectivity index (χ0) is 18.9. The Balaban J connectivity index is 1.65. The first-order chi connectivity index (χ1) is 12.3. The maximum absolute atomic E-state index is 12.9. The molecule has 0 radical (unpaired) electrons. The Morgan fingerprint density at radius 1 is 1.19 bits per heavy atom. The van der Waals surface area contributed by atoms with Crippen molar-refractivity contribution in [3.05, 3.63) is 50.0 Å². The minimum Gasteiger partial charge on any atom is -0.368 e. The first-order valence-corrected chi connectivity index (χ1v) is 9.05. The summed E-state index contributed by atoms with van der Waals surface area (Å²) in [6, 6.07) is 7.32. The molecule has 1 aliphatic rings. The normalized spacial score (nSPS) is 15.4. The number of anilines is 1. The van der Waals surface area contributed by atoms with E-state index in [1.54, 1.807) is 6.07 Å². The third-order valence-corrected chi connectivity index (χ3v) is 5.17. The number of alkyl halides is 3. The van der Waals surface area contributed by atoms with Gasteiger partial charge in [-0.2, -0.15) is 13.2 Å². The van der Waals surface area contributed by atoms with E-state index >= 15 is 0 Å². The van der Waals surface area contributed by atoms with Gasteiger partial charge in [-0.1, -0.05) is 29.0 Å². The highest BCUT2D eigenvalue weighted by molar-refractivity contribution is 7.07. The average molecular weight is 406 g/mol. The zero-order valence-electron chi connectivity index (χ0n) is 13.5. The van der Waals surface area contributed by atoms with Crippen molar-refractivity contribution in [2.45, 2.75) is 12.7 Å². The molecule has 1 saturated heterocycles. The number of aromatic nitrogens is 1. The molecule has 0 unspecified atom stereocenters. The Labute approximate surface area is 156 Å². The van der Waals surface area contributed by atoms with Crippen molar-refractivity contribution in [3.63, 3.8) is 0 Å². The van der Waals surface area contributed by atoms with Gasteiger partial charge in [0.1, 0.15) is 12.2 Å². The van der Waals surface area contributed by atoms with E-state index in [2.05, 4.69) is 0 Å². The van der Waals surface area contributed by atoms with Crippen molar-refractivity contribution in [2.24, 2.45) is 0 Å². The van der Waals surface area contributed by atoms with Crippen molar-refractivity contribution >= 4 is 34.5 Å². The van der Waals surface area contributed by atoms with Crippen LogP contribution in [-0.4, -0.2) is 41.6 Å². The van der Waals surface area contributed by atoms with Crippen molar-refractivity contribution < 1.29 is 18.0 Å². The molecule has 1 aliphatic heterocycles. The van der Waals surface area contributed by atoms with Gasteiger partial charge in [0.2, 0.25) is 5.91 Å². The molecule has 0 spiro atoms. The summed E-state index contributed by atoms with van der Waals surface area (Å²) >= 11 is 6.42. The number of amides is 1. The highest BCUT2D eigenvalue weighted by Crippen LogP contribution is 2.29. The van der Waals surface area contributed by atoms with Gasteiger partial charge >= 0.3 is 11.0 Å². The summed E-state index contributed by atoms with van der Waals surface area (Å²) in [6.07, 6.45) is -4.66. The van der Waals surface area contributed by atoms with Crippen LogP contribution in [0.3, 0.4) is 0 Å². The van der Waals surface area contributed by atoms with Gasteiger partial charge in [-0.25, -0.2) is 0 Å². The Morgan fingerprint density at radius 3 is 2.50 bits per heavy atom. The average Bonchev–Trinajstić information content (AvgIpc) is 2.96. The first-order valence-electron chi connectivity index (χ1n) is 7.79. The lowest BCUT2D eigenvalue weighted by atomic mass is 10.2. The van der Waals surface area contributed by atoms with Crippen LogP contribution >= 0.6 is 22.9 Å². The van der Waals surface area contributed by atoms with E-state index < -0.39 is 29.2 Å². The molecule has 3 rings (SSSR count). The number of piperazine rings is 1. The lowest BCUT2D eigenvalue weighted by molar-refractivity contribution is -0.145. The van der Waals surface area contributed by atoms with Crippen LogP contribution in [0.4, 0.5) is 18.9 Å². The number of nitrogens with zero attached hydrogens (tertiary/aromatic N) is 3. The lowest BCUT2D eigenvalue weighted by Crippen LogP contribution is -2.50. The highest BCUT2D eigenvalue weighted by Gasteiger charge is 2.36. The fraction of sp³-hybridized carbons (Fsp3) is 0.375. The fourth-order valence-corrected chi connectivity index (χ4v) is 3.77. The predicted molar refractivity (Wildman–Crippen MR) is 93.8 cm³/mol. The molecule has 0 aliphatic carbocycles. The molecule has 0 atom stereocenters. The summed E-state index contributed by atoms with van der Waals surface area (Å²) < 4.78 is 39.3. The van der Waals surface area contributed by atoms with Crippen molar-refractivity contribution in [1.82, 2.24) is 9.47 Å². The molecule has 0 N–H and O–H groups in total. The van der Waals surface area contributed by atoms with Crippen LogP contribution in [0.25, 0.3) is 0 Å². The van der Waals surface area contributed by atoms with E-state index in [4.69, 9.17) is 11.6 Å². The Hall–Kier alpha value is -2.00. The van der Waals surface area contributed by atoms with Crippen LogP contribution in [0, 0.1) is 0 Å². The second kappa shape index (κ2) is 7.32. The Morgan fingerprint density at radius 2 is 1.88 bits per heavy atom. The number of benzene rings is 1. The molecule has 2 aromatic rings. The Bertz CT molecular complexity index is 857. The van der Waals surface area contributed by atoms with Gasteiger partial charge in [0.15, 0.2) is 0 Å². The van der Waals surface area contributed by atoms with Gasteiger partial charge < -0.3 is 9.80 Å². The van der Waals surface area contributed by atoms with Gasteiger partial charge in [0.25, 0.3) is 0 Å². The van der Waals surface area contributed by atoms with Crippen LogP contribution in [0.2, 0.25) is 5.02 Å². The molecule has 1 aromatic carbocycles. The van der Waals surface area contributed by atoms with E-state index in [1.165, 1.54) is 4.90 Å². The van der Waals surface area contributed by atoms with Gasteiger partial charge in [0, 0.05) is 42.3 Å². The van der Waals surface area contributed by atoms with E-state index in [1.807, 2.05) is 23.1 Å². The Kier molecular flexibility index (Phi) is 5.29. The summed E-state index contributed by atoms with van der Waals surface area (Å²) in [5.41, 5.74) is -0.156. The molecule has 1 amide bonds. The summed E-state index contributed by atoms with van der Waals surface area (Å²) in [5.74, 6) is -0.498. The maximum atomic E-state index is 12.9. The summed E-state index contributed by atoms with van der Waals surface area (Å²) in [4.78, 5) is 26.8. The quantitative estimate of drug-likeness (QED) is 0.788. The van der Waals surface area contributed by atoms with Crippen molar-refractivity contribution in [3.8, 4) is 0 Å². The molecule has 0 saturated carbocycles. The van der Waals surface area contributed by atoms with Crippen LogP contribution in [0.5, 0.6) is 0 Å². The summed E-state index contributed by atoms with van der Waals surface area (Å²) in [6.45, 7) is 1.21. The molecular weight excluding hydrogens is 391 g/mol. The van der Waals surface area contributed by atoms with Crippen molar-refractivity contribution in [2.75, 3.05) is 31.1 Å². The maximum Gasteiger partial charge on any atom is 0.432 e. The predicted octanol–water partition coefficient (Wildman–Crippen LogP) is 2.93. The van der Waals surface area contributed by atoms with E-state index in [-0.39, 0.29) is 0 Å². The first kappa shape index (κ1) is 18.8. The van der Waals surface area contributed by atoms with Gasteiger partial charge in [-0.05, 0) is 18.2 Å². The summed E-state index contributed by atoms with van der Waals surface area (Å²) in [7, 11) is 0. The third kappa shape index (κ3) is 4.04. The summed E-state index contributed by atoms with van der Waals surface area (Å²) in [5, 5.41) is 1.35. The second-order valence-electron chi connectivity index (χ2n) is 5.82. The lowest BCUT2D eigenvalue weighted by Gasteiger charge is -2.36. The van der Waals surface area contributed by atoms with Crippen LogP contribution in [0.15, 0.2) is 34.4 Å². The number of rotatable bonds is 3. The number of hydrogen-bond donors (Lipinski definition) is 0. The number of halogens is 4. The molecule has 0 bridgehead atoms. The molecule has 10 heteroatoms. The standard InChI is InChI=1S/C16H15ClF3N3O2S/c17-11-2-1-3-12(8-11)21-4-6-22(7-5-21)14(24)9-23-13(16(18,19)20)10-26-15(23)25/h1-3,8,10H,4-7,9H2. The largest absolute Gasteiger partial charge is 0.432 e. The number of carbonyl (C=O) groups excluding carboxylic acids is 1. The van der Waals surface area contributed by atoms with Crippen LogP contribution in [0.1, 0.15) is 5.69 Å². The molecule has 1 fully saturated rings. The topological polar surface area (TPSA) is 45.6 Å². The molecule has 1 aromatic heterocycles. The molecule has 26 heavy (non-hydrogen) atoms. The fourth-order valence-electron chi connectivity index (χ4n) is 2.82. The number of thiazole rings is 1. The zero-order valence-corrected chi connectivity index (χ0v) is 15.1. The van der Waals surface area contributed by atoms with E-state index in [0.717, 1.165) is 11.1 Å². The number of hydrogen-bond acceptors (Lipinski definition) is 4. The number of carbonyl (C=O) groups is 1. The molecular formula is C16H15ClF3N3O2S. The third-order valence-electron chi connectivity index (χ3n) is 4.17. The van der Waals surface area contributed by atoms with E-state index in [0.29, 0.717) is 47.1 Å². The van der Waals surface area contributed by atoms with Crippen LogP contribution in [-0.2, 0) is 17.5 Å². The van der Waals surface area contributed by atoms with Gasteiger partial charge in [-0.15, -0.1) is 0 Å². The van der Waals surface area contributed by atoms with Gasteiger partial charge in [0.05, 0.1) is 0 Å².